The maximum atomic E-state index is 13.4. The number of benzene rings is 1. The van der Waals surface area contributed by atoms with Crippen molar-refractivity contribution in [3.63, 3.8) is 0 Å². The van der Waals surface area contributed by atoms with E-state index in [1.54, 1.807) is 19.2 Å². The largest absolute Gasteiger partial charge is 0.404 e. The van der Waals surface area contributed by atoms with E-state index in [0.29, 0.717) is 18.0 Å². The van der Waals surface area contributed by atoms with Gasteiger partial charge in [0.05, 0.1) is 0 Å². The summed E-state index contributed by atoms with van der Waals surface area (Å²) in [6, 6.07) is 4.71. The van der Waals surface area contributed by atoms with Gasteiger partial charge in [0, 0.05) is 23.1 Å². The van der Waals surface area contributed by atoms with E-state index in [1.807, 2.05) is 6.08 Å². The third-order valence-electron chi connectivity index (χ3n) is 5.32. The number of allylic oxidation sites excluding steroid dienone is 2. The molecular formula is C22H33FN4. The van der Waals surface area contributed by atoms with Gasteiger partial charge in [-0.2, -0.15) is 4.39 Å². The van der Waals surface area contributed by atoms with E-state index in [0.717, 1.165) is 54.0 Å². The van der Waals surface area contributed by atoms with Crippen molar-refractivity contribution in [3.05, 3.63) is 52.3 Å². The molecule has 1 atom stereocenters. The Bertz CT molecular complexity index is 787. The quantitative estimate of drug-likeness (QED) is 0.555. The molecule has 1 aromatic rings. The van der Waals surface area contributed by atoms with Gasteiger partial charge in [-0.25, -0.2) is 0 Å². The van der Waals surface area contributed by atoms with Crippen molar-refractivity contribution < 1.29 is 4.39 Å². The van der Waals surface area contributed by atoms with E-state index >= 15 is 0 Å². The SMILES string of the molecule is C=C/C=c1/cc(C(CC)C/C(C)=C(\N)F)cc(NC2CCNCC2)/c1=C/N. The van der Waals surface area contributed by atoms with Crippen LogP contribution in [0.15, 0.2) is 36.3 Å². The summed E-state index contributed by atoms with van der Waals surface area (Å²) >= 11 is 0. The molecule has 1 saturated heterocycles. The molecule has 27 heavy (non-hydrogen) atoms. The normalized spacial score (nSPS) is 18.9. The predicted molar refractivity (Wildman–Crippen MR) is 114 cm³/mol. The van der Waals surface area contributed by atoms with Crippen molar-refractivity contribution in [1.29, 1.82) is 0 Å². The zero-order valence-electron chi connectivity index (χ0n) is 16.5. The molecule has 1 aliphatic rings. The number of halogens is 1. The maximum Gasteiger partial charge on any atom is 0.183 e. The van der Waals surface area contributed by atoms with E-state index in [2.05, 4.69) is 36.3 Å². The molecule has 5 heteroatoms. The zero-order valence-corrected chi connectivity index (χ0v) is 16.5. The molecule has 0 aromatic heterocycles. The van der Waals surface area contributed by atoms with Gasteiger partial charge < -0.3 is 22.1 Å². The lowest BCUT2D eigenvalue weighted by Crippen LogP contribution is -2.38. The fourth-order valence-corrected chi connectivity index (χ4v) is 3.66. The van der Waals surface area contributed by atoms with Crippen LogP contribution in [0.4, 0.5) is 10.1 Å². The van der Waals surface area contributed by atoms with Crippen molar-refractivity contribution in [2.75, 3.05) is 18.4 Å². The molecule has 0 saturated carbocycles. The molecule has 1 aliphatic heterocycles. The second-order valence-electron chi connectivity index (χ2n) is 7.25. The Kier molecular flexibility index (Phi) is 7.92. The van der Waals surface area contributed by atoms with Crippen LogP contribution < -0.4 is 32.5 Å². The van der Waals surface area contributed by atoms with Crippen molar-refractivity contribution in [2.24, 2.45) is 11.5 Å². The number of hydrogen-bond donors (Lipinski definition) is 4. The minimum atomic E-state index is -0.578. The molecule has 0 radical (unpaired) electrons. The van der Waals surface area contributed by atoms with Gasteiger partial charge in [-0.1, -0.05) is 31.7 Å². The fourth-order valence-electron chi connectivity index (χ4n) is 3.66. The average Bonchev–Trinajstić information content (AvgIpc) is 2.66. The number of nitrogens with two attached hydrogens (primary N) is 2. The summed E-state index contributed by atoms with van der Waals surface area (Å²) in [6.45, 7) is 9.73. The molecule has 1 fully saturated rings. The monoisotopic (exact) mass is 372 g/mol. The first-order valence-electron chi connectivity index (χ1n) is 9.76. The van der Waals surface area contributed by atoms with Gasteiger partial charge in [0.2, 0.25) is 0 Å². The molecule has 1 unspecified atom stereocenters. The van der Waals surface area contributed by atoms with Crippen LogP contribution >= 0.6 is 0 Å². The Morgan fingerprint density at radius 3 is 2.67 bits per heavy atom. The van der Waals surface area contributed by atoms with Gasteiger partial charge in [0.25, 0.3) is 0 Å². The highest BCUT2D eigenvalue weighted by Crippen LogP contribution is 2.28. The summed E-state index contributed by atoms with van der Waals surface area (Å²) in [7, 11) is 0. The molecule has 0 spiro atoms. The lowest BCUT2D eigenvalue weighted by Gasteiger charge is -2.26. The number of anilines is 1. The molecule has 0 amide bonds. The molecule has 0 bridgehead atoms. The fraction of sp³-hybridized carbons (Fsp3) is 0.455. The topological polar surface area (TPSA) is 76.1 Å². The smallest absolute Gasteiger partial charge is 0.183 e. The summed E-state index contributed by atoms with van der Waals surface area (Å²) in [6.07, 6.45) is 9.04. The van der Waals surface area contributed by atoms with Crippen LogP contribution in [-0.4, -0.2) is 19.1 Å². The number of hydrogen-bond acceptors (Lipinski definition) is 4. The highest BCUT2D eigenvalue weighted by molar-refractivity contribution is 5.55. The van der Waals surface area contributed by atoms with Gasteiger partial charge in [-0.05, 0) is 74.0 Å². The van der Waals surface area contributed by atoms with Crippen LogP contribution in [0.3, 0.4) is 0 Å². The van der Waals surface area contributed by atoms with Crippen LogP contribution in [-0.2, 0) is 0 Å². The van der Waals surface area contributed by atoms with Crippen LogP contribution in [0.2, 0.25) is 0 Å². The van der Waals surface area contributed by atoms with Gasteiger partial charge in [0.1, 0.15) is 0 Å². The van der Waals surface area contributed by atoms with E-state index in [1.165, 1.54) is 0 Å². The lowest BCUT2D eigenvalue weighted by atomic mass is 9.89. The highest BCUT2D eigenvalue weighted by Gasteiger charge is 2.17. The first-order chi connectivity index (χ1) is 13.0. The molecule has 1 aromatic carbocycles. The first-order valence-corrected chi connectivity index (χ1v) is 9.76. The summed E-state index contributed by atoms with van der Waals surface area (Å²) in [5, 5.41) is 9.06. The van der Waals surface area contributed by atoms with Crippen molar-refractivity contribution >= 4 is 18.0 Å². The second-order valence-corrected chi connectivity index (χ2v) is 7.25. The molecule has 6 N–H and O–H groups in total. The standard InChI is InChI=1S/C22H33FN4/c1-4-6-17-12-18(16(5-2)11-15(3)22(23)25)13-21(20(17)14-24)27-19-7-9-26-10-8-19/h4,6,12-14,16,19,26-27H,1,5,7-11,24-25H2,2-3H3/b17-6-,20-14+,22-15-. The van der Waals surface area contributed by atoms with Gasteiger partial charge in [-0.3, -0.25) is 0 Å². The summed E-state index contributed by atoms with van der Waals surface area (Å²) in [5.41, 5.74) is 14.1. The van der Waals surface area contributed by atoms with Crippen LogP contribution in [0.1, 0.15) is 51.0 Å². The molecule has 4 nitrogen and oxygen atoms in total. The Morgan fingerprint density at radius 1 is 1.41 bits per heavy atom. The van der Waals surface area contributed by atoms with Gasteiger partial charge in [-0.15, -0.1) is 0 Å². The van der Waals surface area contributed by atoms with Crippen LogP contribution in [0.25, 0.3) is 12.3 Å². The van der Waals surface area contributed by atoms with Crippen molar-refractivity contribution in [1.82, 2.24) is 5.32 Å². The van der Waals surface area contributed by atoms with Crippen molar-refractivity contribution in [2.45, 2.75) is 51.5 Å². The number of piperidine rings is 1. The maximum absolute atomic E-state index is 13.4. The second kappa shape index (κ2) is 10.2. The zero-order chi connectivity index (χ0) is 19.8. The van der Waals surface area contributed by atoms with Gasteiger partial charge >= 0.3 is 0 Å². The van der Waals surface area contributed by atoms with E-state index in [-0.39, 0.29) is 5.92 Å². The third kappa shape index (κ3) is 5.60. The molecule has 1 heterocycles. The molecule has 2 rings (SSSR count). The average molecular weight is 373 g/mol. The number of rotatable bonds is 7. The minimum absolute atomic E-state index is 0.191. The molecule has 148 valence electrons. The van der Waals surface area contributed by atoms with Crippen LogP contribution in [0, 0.1) is 0 Å². The summed E-state index contributed by atoms with van der Waals surface area (Å²) < 4.78 is 13.4. The summed E-state index contributed by atoms with van der Waals surface area (Å²) in [5.74, 6) is -0.386. The Balaban J connectivity index is 2.49. The third-order valence-corrected chi connectivity index (χ3v) is 5.32. The van der Waals surface area contributed by atoms with E-state index in [9.17, 15) is 4.39 Å². The molecule has 0 aliphatic carbocycles. The summed E-state index contributed by atoms with van der Waals surface area (Å²) in [4.78, 5) is 0. The Labute approximate surface area is 161 Å². The van der Waals surface area contributed by atoms with Crippen molar-refractivity contribution in [3.8, 4) is 0 Å². The van der Waals surface area contributed by atoms with Crippen LogP contribution in [0.5, 0.6) is 0 Å². The first kappa shape index (κ1) is 21.0. The number of nitrogens with one attached hydrogen (secondary N) is 2. The highest BCUT2D eigenvalue weighted by atomic mass is 19.1. The van der Waals surface area contributed by atoms with E-state index < -0.39 is 5.95 Å². The van der Waals surface area contributed by atoms with Gasteiger partial charge in [0.15, 0.2) is 5.95 Å². The minimum Gasteiger partial charge on any atom is -0.404 e. The lowest BCUT2D eigenvalue weighted by molar-refractivity contribution is 0.479. The Hall–Kier alpha value is -2.27. The molecular weight excluding hydrogens is 339 g/mol. The van der Waals surface area contributed by atoms with E-state index in [4.69, 9.17) is 11.5 Å². The predicted octanol–water partition coefficient (Wildman–Crippen LogP) is 2.56. The Morgan fingerprint density at radius 2 is 2.11 bits per heavy atom.